The van der Waals surface area contributed by atoms with Crippen molar-refractivity contribution in [1.29, 1.82) is 0 Å². The molecule has 1 aliphatic heterocycles. The molecule has 1 heterocycles. The van der Waals surface area contributed by atoms with E-state index in [1.165, 1.54) is 44.7 Å². The predicted molar refractivity (Wildman–Crippen MR) is 70.3 cm³/mol. The molecule has 0 radical (unpaired) electrons. The summed E-state index contributed by atoms with van der Waals surface area (Å²) in [6, 6.07) is 0. The van der Waals surface area contributed by atoms with Gasteiger partial charge in [0.25, 0.3) is 0 Å². The third-order valence-corrected chi connectivity index (χ3v) is 3.71. The number of rotatable bonds is 4. The van der Waals surface area contributed by atoms with Gasteiger partial charge in [-0.05, 0) is 12.8 Å². The monoisotopic (exact) mass is 253 g/mol. The molecule has 0 bridgehead atoms. The molecule has 0 spiro atoms. The Morgan fingerprint density at radius 2 is 2.00 bits per heavy atom. The van der Waals surface area contributed by atoms with Crippen molar-refractivity contribution in [3.05, 3.63) is 12.4 Å². The number of nitrogens with zero attached hydrogens (tertiary/aromatic N) is 3. The molecule has 0 aromatic rings. The molecule has 1 aliphatic carbocycles. The van der Waals surface area contributed by atoms with Crippen LogP contribution in [0.2, 0.25) is 0 Å². The third kappa shape index (κ3) is 3.38. The van der Waals surface area contributed by atoms with Crippen molar-refractivity contribution in [2.45, 2.75) is 50.8 Å². The Bertz CT molecular complexity index is 299. The van der Waals surface area contributed by atoms with Crippen molar-refractivity contribution in [2.24, 2.45) is 5.16 Å². The van der Waals surface area contributed by atoms with Gasteiger partial charge >= 0.3 is 0 Å². The fourth-order valence-corrected chi connectivity index (χ4v) is 2.57. The average molecular weight is 253 g/mol. The van der Waals surface area contributed by atoms with Crippen molar-refractivity contribution >= 4 is 6.21 Å². The summed E-state index contributed by atoms with van der Waals surface area (Å²) in [4.78, 5) is 4.01. The standard InChI is InChI=1S/C13H23N3O2/c1-15-8-9-16(13(15)10-14-17)11-18-12-6-4-2-3-5-7-12/h8-10,12-13,17H,2-7,11H2,1H3/b14-10-. The van der Waals surface area contributed by atoms with Gasteiger partial charge in [-0.3, -0.25) is 0 Å². The Morgan fingerprint density at radius 1 is 1.28 bits per heavy atom. The van der Waals surface area contributed by atoms with E-state index >= 15 is 0 Å². The Kier molecular flexibility index (Phi) is 4.87. The van der Waals surface area contributed by atoms with Crippen molar-refractivity contribution < 1.29 is 9.94 Å². The van der Waals surface area contributed by atoms with Crippen LogP contribution in [0.5, 0.6) is 0 Å². The largest absolute Gasteiger partial charge is 0.411 e. The zero-order valence-electron chi connectivity index (χ0n) is 11.0. The van der Waals surface area contributed by atoms with E-state index in [4.69, 9.17) is 9.94 Å². The topological polar surface area (TPSA) is 48.3 Å². The first-order valence-corrected chi connectivity index (χ1v) is 6.76. The van der Waals surface area contributed by atoms with Gasteiger partial charge in [-0.1, -0.05) is 30.8 Å². The smallest absolute Gasteiger partial charge is 0.142 e. The number of hydrogen-bond donors (Lipinski definition) is 1. The Labute approximate surface area is 109 Å². The van der Waals surface area contributed by atoms with Crippen LogP contribution in [0.1, 0.15) is 38.5 Å². The lowest BCUT2D eigenvalue weighted by Gasteiger charge is -2.28. The molecule has 1 saturated carbocycles. The minimum Gasteiger partial charge on any atom is -0.411 e. The molecule has 1 N–H and O–H groups in total. The quantitative estimate of drug-likeness (QED) is 0.361. The summed E-state index contributed by atoms with van der Waals surface area (Å²) in [7, 11) is 1.95. The molecule has 5 nitrogen and oxygen atoms in total. The van der Waals surface area contributed by atoms with Gasteiger partial charge in [-0.2, -0.15) is 0 Å². The van der Waals surface area contributed by atoms with Crippen LogP contribution >= 0.6 is 0 Å². The van der Waals surface area contributed by atoms with Gasteiger partial charge in [-0.15, -0.1) is 0 Å². The zero-order chi connectivity index (χ0) is 12.8. The van der Waals surface area contributed by atoms with Crippen LogP contribution in [0.25, 0.3) is 0 Å². The number of hydrogen-bond acceptors (Lipinski definition) is 5. The van der Waals surface area contributed by atoms with Gasteiger partial charge in [0.1, 0.15) is 12.9 Å². The van der Waals surface area contributed by atoms with Crippen LogP contribution in [0.15, 0.2) is 17.6 Å². The first-order valence-electron chi connectivity index (χ1n) is 6.76. The van der Waals surface area contributed by atoms with Crippen molar-refractivity contribution in [1.82, 2.24) is 9.80 Å². The Balaban J connectivity index is 1.79. The van der Waals surface area contributed by atoms with Gasteiger partial charge < -0.3 is 19.7 Å². The second-order valence-corrected chi connectivity index (χ2v) is 5.07. The lowest BCUT2D eigenvalue weighted by Crippen LogP contribution is -2.39. The molecule has 1 fully saturated rings. The lowest BCUT2D eigenvalue weighted by molar-refractivity contribution is -0.0230. The Hall–Kier alpha value is -1.23. The molecule has 1 unspecified atom stereocenters. The molecule has 2 aliphatic rings. The number of oxime groups is 1. The molecular formula is C13H23N3O2. The third-order valence-electron chi connectivity index (χ3n) is 3.71. The van der Waals surface area contributed by atoms with E-state index in [1.807, 2.05) is 29.2 Å². The van der Waals surface area contributed by atoms with Gasteiger partial charge in [-0.25, -0.2) is 0 Å². The minimum atomic E-state index is -0.0409. The van der Waals surface area contributed by atoms with E-state index in [-0.39, 0.29) is 6.17 Å². The molecule has 0 aromatic carbocycles. The summed E-state index contributed by atoms with van der Waals surface area (Å²) in [5.41, 5.74) is 0. The molecule has 0 aromatic heterocycles. The van der Waals surface area contributed by atoms with Crippen LogP contribution < -0.4 is 0 Å². The maximum Gasteiger partial charge on any atom is 0.142 e. The fourth-order valence-electron chi connectivity index (χ4n) is 2.57. The van der Waals surface area contributed by atoms with Crippen molar-refractivity contribution in [3.8, 4) is 0 Å². The molecule has 0 saturated heterocycles. The molecule has 5 heteroatoms. The van der Waals surface area contributed by atoms with Crippen LogP contribution in [-0.2, 0) is 4.74 Å². The van der Waals surface area contributed by atoms with E-state index in [0.717, 1.165) is 0 Å². The lowest BCUT2D eigenvalue weighted by atomic mass is 10.2. The van der Waals surface area contributed by atoms with Crippen molar-refractivity contribution in [3.63, 3.8) is 0 Å². The minimum absolute atomic E-state index is 0.0409. The van der Waals surface area contributed by atoms with E-state index in [0.29, 0.717) is 12.8 Å². The van der Waals surface area contributed by atoms with Crippen LogP contribution in [0.4, 0.5) is 0 Å². The number of ether oxygens (including phenoxy) is 1. The summed E-state index contributed by atoms with van der Waals surface area (Å²) in [5.74, 6) is 0. The molecule has 18 heavy (non-hydrogen) atoms. The van der Waals surface area contributed by atoms with Crippen molar-refractivity contribution in [2.75, 3.05) is 13.8 Å². The zero-order valence-corrected chi connectivity index (χ0v) is 11.0. The summed E-state index contributed by atoms with van der Waals surface area (Å²) in [6.07, 6.45) is 13.4. The van der Waals surface area contributed by atoms with Crippen LogP contribution in [-0.4, -0.2) is 47.3 Å². The second-order valence-electron chi connectivity index (χ2n) is 5.07. The highest BCUT2D eigenvalue weighted by Gasteiger charge is 2.23. The van der Waals surface area contributed by atoms with Crippen LogP contribution in [0.3, 0.4) is 0 Å². The Morgan fingerprint density at radius 3 is 2.67 bits per heavy atom. The predicted octanol–water partition coefficient (Wildman–Crippen LogP) is 2.19. The fraction of sp³-hybridized carbons (Fsp3) is 0.769. The summed E-state index contributed by atoms with van der Waals surface area (Å²) in [6.45, 7) is 0.558. The van der Waals surface area contributed by atoms with E-state index in [1.54, 1.807) is 0 Å². The van der Waals surface area contributed by atoms with E-state index in [2.05, 4.69) is 5.16 Å². The SMILES string of the molecule is CN1C=CN(COC2CCCCCC2)C1/C=N\O. The summed E-state index contributed by atoms with van der Waals surface area (Å²) in [5, 5.41) is 11.8. The summed E-state index contributed by atoms with van der Waals surface area (Å²) < 4.78 is 5.98. The van der Waals surface area contributed by atoms with E-state index in [9.17, 15) is 0 Å². The van der Waals surface area contributed by atoms with Crippen LogP contribution in [0, 0.1) is 0 Å². The van der Waals surface area contributed by atoms with Gasteiger partial charge in [0.15, 0.2) is 0 Å². The summed E-state index contributed by atoms with van der Waals surface area (Å²) >= 11 is 0. The molecule has 0 amide bonds. The molecule has 102 valence electrons. The highest BCUT2D eigenvalue weighted by atomic mass is 16.5. The first-order chi connectivity index (χ1) is 8.81. The average Bonchev–Trinajstić information content (AvgIpc) is 2.59. The molecule has 2 rings (SSSR count). The van der Waals surface area contributed by atoms with Gasteiger partial charge in [0, 0.05) is 19.4 Å². The molecular weight excluding hydrogens is 230 g/mol. The van der Waals surface area contributed by atoms with E-state index < -0.39 is 0 Å². The normalized spacial score (nSPS) is 26.2. The van der Waals surface area contributed by atoms with Gasteiger partial charge in [0.05, 0.1) is 12.3 Å². The van der Waals surface area contributed by atoms with Gasteiger partial charge in [0.2, 0.25) is 0 Å². The first kappa shape index (κ1) is 13.2. The highest BCUT2D eigenvalue weighted by Crippen LogP contribution is 2.21. The maximum absolute atomic E-state index is 8.66. The second kappa shape index (κ2) is 6.64. The molecule has 1 atom stereocenters. The highest BCUT2D eigenvalue weighted by molar-refractivity contribution is 5.64. The maximum atomic E-state index is 8.66.